The van der Waals surface area contributed by atoms with Gasteiger partial charge in [0.05, 0.1) is 17.1 Å². The van der Waals surface area contributed by atoms with Gasteiger partial charge in [-0.3, -0.25) is 10.1 Å². The van der Waals surface area contributed by atoms with Crippen LogP contribution in [0.3, 0.4) is 0 Å². The van der Waals surface area contributed by atoms with E-state index >= 15 is 0 Å². The van der Waals surface area contributed by atoms with Crippen molar-refractivity contribution in [2.75, 3.05) is 13.2 Å². The number of nitrogens with zero attached hydrogens (tertiary/aromatic N) is 2. The molecule has 0 N–H and O–H groups in total. The largest absolute Gasteiger partial charge is 0.489 e. The number of ether oxygens (including phenoxy) is 1. The second kappa shape index (κ2) is 7.66. The summed E-state index contributed by atoms with van der Waals surface area (Å²) < 4.78 is 25.7. The van der Waals surface area contributed by atoms with Crippen LogP contribution in [0.4, 0.5) is 10.1 Å². The molecule has 144 valence electrons. The second-order valence-corrected chi connectivity index (χ2v) is 13.4. The minimum absolute atomic E-state index is 0.144. The molecule has 1 heterocycles. The first-order chi connectivity index (χ1) is 11.9. The number of hydrogen-bond donors (Lipinski definition) is 0. The number of halogens is 1. The van der Waals surface area contributed by atoms with Gasteiger partial charge in [0.1, 0.15) is 17.7 Å². The normalized spacial score (nSPS) is 21.8. The molecule has 0 saturated carbocycles. The highest BCUT2D eigenvalue weighted by atomic mass is 28.4. The van der Waals surface area contributed by atoms with Gasteiger partial charge >= 0.3 is 0 Å². The first kappa shape index (κ1) is 20.9. The average Bonchev–Trinajstić information content (AvgIpc) is 2.83. The standard InChI is InChI=1S/C17H28BFN2O4Si/c1-17(2,3)26(4,5)24-11-14-9-16(10-20(14)18)25-15-7-12(19)6-13(8-15)21(22)23/h6-8,14,16H,9-11,18H2,1-5H3/t14-,16+/m0/s1. The lowest BCUT2D eigenvalue weighted by Gasteiger charge is -2.37. The van der Waals surface area contributed by atoms with Crippen LogP contribution >= 0.6 is 0 Å². The van der Waals surface area contributed by atoms with Crippen LogP contribution in [0.1, 0.15) is 27.2 Å². The zero-order chi connectivity index (χ0) is 19.7. The maximum Gasteiger partial charge on any atom is 0.276 e. The first-order valence-electron chi connectivity index (χ1n) is 8.85. The van der Waals surface area contributed by atoms with Crippen molar-refractivity contribution < 1.29 is 18.5 Å². The molecule has 1 fully saturated rings. The molecule has 1 aliphatic heterocycles. The Morgan fingerprint density at radius 2 is 2.04 bits per heavy atom. The van der Waals surface area contributed by atoms with Crippen molar-refractivity contribution in [2.45, 2.75) is 57.5 Å². The molecular formula is C17H28BFN2O4Si. The second-order valence-electron chi connectivity index (χ2n) is 8.54. The zero-order valence-electron chi connectivity index (χ0n) is 16.4. The fourth-order valence-electron chi connectivity index (χ4n) is 2.74. The molecule has 0 radical (unpaired) electrons. The van der Waals surface area contributed by atoms with Gasteiger partial charge in [-0.1, -0.05) is 20.8 Å². The molecule has 0 aromatic heterocycles. The Morgan fingerprint density at radius 1 is 1.38 bits per heavy atom. The Balaban J connectivity index is 1.98. The van der Waals surface area contributed by atoms with E-state index in [0.717, 1.165) is 12.5 Å². The maximum atomic E-state index is 13.6. The molecule has 0 unspecified atom stereocenters. The van der Waals surface area contributed by atoms with Crippen LogP contribution in [0, 0.1) is 15.9 Å². The highest BCUT2D eigenvalue weighted by molar-refractivity contribution is 6.74. The smallest absolute Gasteiger partial charge is 0.276 e. The quantitative estimate of drug-likeness (QED) is 0.430. The van der Waals surface area contributed by atoms with Gasteiger partial charge in [0, 0.05) is 31.7 Å². The van der Waals surface area contributed by atoms with Crippen LogP contribution in [-0.4, -0.2) is 51.3 Å². The summed E-state index contributed by atoms with van der Waals surface area (Å²) in [6.07, 6.45) is 0.601. The number of hydrogen-bond acceptors (Lipinski definition) is 5. The average molecular weight is 382 g/mol. The molecule has 1 saturated heterocycles. The zero-order valence-corrected chi connectivity index (χ0v) is 17.4. The third kappa shape index (κ3) is 5.05. The highest BCUT2D eigenvalue weighted by Crippen LogP contribution is 2.37. The maximum absolute atomic E-state index is 13.6. The van der Waals surface area contributed by atoms with E-state index in [4.69, 9.17) is 9.16 Å². The van der Waals surface area contributed by atoms with Crippen molar-refractivity contribution in [1.82, 2.24) is 4.81 Å². The Bertz CT molecular complexity index is 669. The van der Waals surface area contributed by atoms with Gasteiger partial charge in [-0.15, -0.1) is 0 Å². The van der Waals surface area contributed by atoms with Gasteiger partial charge in [0.2, 0.25) is 0 Å². The van der Waals surface area contributed by atoms with Crippen molar-refractivity contribution in [3.8, 4) is 5.75 Å². The summed E-state index contributed by atoms with van der Waals surface area (Å²) in [6.45, 7) is 12.4. The van der Waals surface area contributed by atoms with E-state index in [-0.39, 0.29) is 28.6 Å². The lowest BCUT2D eigenvalue weighted by Crippen LogP contribution is -2.44. The molecular weight excluding hydrogens is 354 g/mol. The summed E-state index contributed by atoms with van der Waals surface area (Å²) in [5.74, 6) is -0.473. The molecule has 0 spiro atoms. The molecule has 1 aromatic rings. The monoisotopic (exact) mass is 382 g/mol. The van der Waals surface area contributed by atoms with E-state index in [2.05, 4.69) is 38.7 Å². The van der Waals surface area contributed by atoms with E-state index in [0.29, 0.717) is 13.2 Å². The van der Waals surface area contributed by atoms with E-state index in [1.165, 1.54) is 12.1 Å². The summed E-state index contributed by atoms with van der Waals surface area (Å²) in [7, 11) is 0.193. The van der Waals surface area contributed by atoms with Crippen LogP contribution in [-0.2, 0) is 4.43 Å². The number of non-ortho nitro benzene ring substituents is 1. The van der Waals surface area contributed by atoms with Gasteiger partial charge in [-0.2, -0.15) is 0 Å². The van der Waals surface area contributed by atoms with Crippen molar-refractivity contribution in [3.63, 3.8) is 0 Å². The molecule has 9 heteroatoms. The molecule has 6 nitrogen and oxygen atoms in total. The minimum atomic E-state index is -1.82. The van der Waals surface area contributed by atoms with Crippen LogP contribution < -0.4 is 4.74 Å². The Hall–Kier alpha value is -1.45. The summed E-state index contributed by atoms with van der Waals surface area (Å²) in [6, 6.07) is 3.57. The molecule has 1 aliphatic rings. The van der Waals surface area contributed by atoms with Crippen LogP contribution in [0.2, 0.25) is 18.1 Å². The third-order valence-electron chi connectivity index (χ3n) is 5.46. The lowest BCUT2D eigenvalue weighted by molar-refractivity contribution is -0.385. The Kier molecular flexibility index (Phi) is 6.14. The number of benzene rings is 1. The third-order valence-corrected chi connectivity index (χ3v) is 9.96. The van der Waals surface area contributed by atoms with Crippen LogP contribution in [0.15, 0.2) is 18.2 Å². The van der Waals surface area contributed by atoms with E-state index < -0.39 is 19.1 Å². The molecule has 26 heavy (non-hydrogen) atoms. The summed E-state index contributed by atoms with van der Waals surface area (Å²) >= 11 is 0. The number of rotatable bonds is 6. The van der Waals surface area contributed by atoms with E-state index in [1.807, 2.05) is 7.98 Å². The Morgan fingerprint density at radius 3 is 2.62 bits per heavy atom. The molecule has 0 bridgehead atoms. The highest BCUT2D eigenvalue weighted by Gasteiger charge is 2.39. The number of nitro benzene ring substituents is 1. The van der Waals surface area contributed by atoms with E-state index in [9.17, 15) is 14.5 Å². The molecule has 0 amide bonds. The van der Waals surface area contributed by atoms with Crippen LogP contribution in [0.5, 0.6) is 5.75 Å². The van der Waals surface area contributed by atoms with Crippen molar-refractivity contribution in [3.05, 3.63) is 34.1 Å². The van der Waals surface area contributed by atoms with Crippen molar-refractivity contribution in [1.29, 1.82) is 0 Å². The predicted molar refractivity (Wildman–Crippen MR) is 104 cm³/mol. The predicted octanol–water partition coefficient (Wildman–Crippen LogP) is 3.13. The summed E-state index contributed by atoms with van der Waals surface area (Å²) in [4.78, 5) is 12.4. The van der Waals surface area contributed by atoms with Crippen LogP contribution in [0.25, 0.3) is 0 Å². The first-order valence-corrected chi connectivity index (χ1v) is 11.8. The molecule has 1 aromatic carbocycles. The fraction of sp³-hybridized carbons (Fsp3) is 0.647. The van der Waals surface area contributed by atoms with Crippen molar-refractivity contribution >= 4 is 22.0 Å². The molecule has 2 rings (SSSR count). The Labute approximate surface area is 156 Å². The summed E-state index contributed by atoms with van der Waals surface area (Å²) in [5, 5.41) is 11.0. The van der Waals surface area contributed by atoms with Gasteiger partial charge in [-0.05, 0) is 18.1 Å². The van der Waals surface area contributed by atoms with E-state index in [1.54, 1.807) is 0 Å². The fourth-order valence-corrected chi connectivity index (χ4v) is 3.79. The van der Waals surface area contributed by atoms with Crippen molar-refractivity contribution in [2.24, 2.45) is 0 Å². The summed E-state index contributed by atoms with van der Waals surface area (Å²) in [5.41, 5.74) is -0.302. The minimum Gasteiger partial charge on any atom is -0.489 e. The number of nitro groups is 1. The van der Waals surface area contributed by atoms with Gasteiger partial charge in [0.25, 0.3) is 5.69 Å². The van der Waals surface area contributed by atoms with Gasteiger partial charge in [0.15, 0.2) is 16.3 Å². The van der Waals surface area contributed by atoms with Gasteiger partial charge < -0.3 is 14.0 Å². The lowest BCUT2D eigenvalue weighted by atomic mass is 10.2. The topological polar surface area (TPSA) is 64.8 Å². The van der Waals surface area contributed by atoms with Gasteiger partial charge in [-0.25, -0.2) is 4.39 Å². The SMILES string of the molecule is BN1C[C@H](Oc2cc(F)cc([N+](=O)[O-])c2)C[C@H]1CO[Si](C)(C)C(C)(C)C. The molecule has 0 aliphatic carbocycles. The molecule has 2 atom stereocenters.